The number of aryl methyl sites for hydroxylation is 1. The van der Waals surface area contributed by atoms with Crippen molar-refractivity contribution in [2.75, 3.05) is 7.11 Å². The van der Waals surface area contributed by atoms with Crippen LogP contribution >= 0.6 is 0 Å². The molecule has 0 aliphatic rings. The van der Waals surface area contributed by atoms with E-state index in [0.717, 1.165) is 22.9 Å². The molecule has 7 nitrogen and oxygen atoms in total. The van der Waals surface area contributed by atoms with Gasteiger partial charge in [0.05, 0.1) is 7.11 Å². The van der Waals surface area contributed by atoms with E-state index in [9.17, 15) is 14.4 Å². The smallest absolute Gasteiger partial charge is 0.328 e. The average Bonchev–Trinajstić information content (AvgIpc) is 3.45. The number of methoxy groups -OCH3 is 1. The van der Waals surface area contributed by atoms with Crippen LogP contribution in [0.15, 0.2) is 85.1 Å². The maximum atomic E-state index is 13.5. The molecule has 6 rings (SSSR count). The van der Waals surface area contributed by atoms with Gasteiger partial charge in [0.25, 0.3) is 0 Å². The summed E-state index contributed by atoms with van der Waals surface area (Å²) in [5.41, 5.74) is 3.07. The molecule has 2 atom stereocenters. The molecular weight excluding hydrogens is 562 g/mol. The van der Waals surface area contributed by atoms with Crippen LogP contribution in [0.2, 0.25) is 0 Å². The number of esters is 1. The standard InChI is InChI=1S/C38H39N3O4/c1-23(2)20-32(37(43)41-33(38(44)45-3)21-28-22-39-31-12-5-4-11-29(28)31)40-34(42)13-7-8-24-14-15-27-17-16-25-9-6-10-26-18-19-30(24)36(27)35(25)26/h4-6,9-12,14-19,22-23,32-33,39H,7-8,13,20-21H2,1-3H3,(H,40,42)(H,41,43)/t32-,33-/m0/s1. The Morgan fingerprint density at radius 3 is 2.22 bits per heavy atom. The number of aromatic nitrogens is 1. The van der Waals surface area contributed by atoms with Crippen molar-refractivity contribution in [2.24, 2.45) is 5.92 Å². The number of hydrogen-bond acceptors (Lipinski definition) is 4. The monoisotopic (exact) mass is 601 g/mol. The Morgan fingerprint density at radius 1 is 0.756 bits per heavy atom. The molecule has 0 aliphatic heterocycles. The van der Waals surface area contributed by atoms with E-state index in [2.05, 4.69) is 70.2 Å². The summed E-state index contributed by atoms with van der Waals surface area (Å²) in [7, 11) is 1.31. The van der Waals surface area contributed by atoms with Gasteiger partial charge in [0, 0.05) is 29.9 Å². The van der Waals surface area contributed by atoms with E-state index in [4.69, 9.17) is 4.74 Å². The van der Waals surface area contributed by atoms with Gasteiger partial charge in [-0.1, -0.05) is 86.6 Å². The second-order valence-corrected chi connectivity index (χ2v) is 12.3. The quantitative estimate of drug-likeness (QED) is 0.106. The highest BCUT2D eigenvalue weighted by atomic mass is 16.5. The Labute approximate surface area is 262 Å². The van der Waals surface area contributed by atoms with Gasteiger partial charge in [0.15, 0.2) is 0 Å². The van der Waals surface area contributed by atoms with Crippen molar-refractivity contribution >= 4 is 61.0 Å². The maximum Gasteiger partial charge on any atom is 0.328 e. The van der Waals surface area contributed by atoms with Crippen molar-refractivity contribution in [1.29, 1.82) is 0 Å². The molecule has 0 aliphatic carbocycles. The van der Waals surface area contributed by atoms with Crippen LogP contribution in [-0.4, -0.2) is 42.0 Å². The predicted octanol–water partition coefficient (Wildman–Crippen LogP) is 6.82. The number of carbonyl (C=O) groups excluding carboxylic acids is 3. The summed E-state index contributed by atoms with van der Waals surface area (Å²) in [5.74, 6) is -0.946. The third-order valence-corrected chi connectivity index (χ3v) is 8.73. The molecule has 45 heavy (non-hydrogen) atoms. The Morgan fingerprint density at radius 2 is 1.47 bits per heavy atom. The van der Waals surface area contributed by atoms with E-state index in [1.165, 1.54) is 45.0 Å². The van der Waals surface area contributed by atoms with Gasteiger partial charge in [0.1, 0.15) is 12.1 Å². The fourth-order valence-corrected chi connectivity index (χ4v) is 6.55. The Hall–Kier alpha value is -4.91. The average molecular weight is 602 g/mol. The predicted molar refractivity (Wildman–Crippen MR) is 180 cm³/mol. The summed E-state index contributed by atoms with van der Waals surface area (Å²) in [4.78, 5) is 42.6. The van der Waals surface area contributed by atoms with Crippen LogP contribution in [0.3, 0.4) is 0 Å². The Kier molecular flexibility index (Phi) is 8.69. The van der Waals surface area contributed by atoms with E-state index in [1.807, 2.05) is 44.3 Å². The molecule has 0 radical (unpaired) electrons. The van der Waals surface area contributed by atoms with Crippen molar-refractivity contribution < 1.29 is 19.1 Å². The Bertz CT molecular complexity index is 1980. The molecule has 0 unspecified atom stereocenters. The summed E-state index contributed by atoms with van der Waals surface area (Å²) in [5, 5.41) is 14.3. The number of amides is 2. The minimum atomic E-state index is -0.886. The molecule has 1 aromatic heterocycles. The van der Waals surface area contributed by atoms with Gasteiger partial charge in [-0.05, 0) is 74.7 Å². The Balaban J connectivity index is 1.12. The van der Waals surface area contributed by atoms with Crippen LogP contribution in [0.4, 0.5) is 0 Å². The fraction of sp³-hybridized carbons (Fsp3) is 0.289. The molecule has 0 saturated heterocycles. The lowest BCUT2D eigenvalue weighted by Gasteiger charge is -2.23. The number of H-pyrrole nitrogens is 1. The first-order chi connectivity index (χ1) is 21.8. The van der Waals surface area contributed by atoms with Gasteiger partial charge < -0.3 is 20.4 Å². The van der Waals surface area contributed by atoms with Crippen LogP contribution in [-0.2, 0) is 32.0 Å². The summed E-state index contributed by atoms with van der Waals surface area (Å²) >= 11 is 0. The minimum absolute atomic E-state index is 0.156. The number of nitrogens with one attached hydrogen (secondary N) is 3. The lowest BCUT2D eigenvalue weighted by Crippen LogP contribution is -2.52. The number of fused-ring (bicyclic) bond motifs is 1. The highest BCUT2D eigenvalue weighted by Crippen LogP contribution is 2.36. The number of aromatic amines is 1. The van der Waals surface area contributed by atoms with Crippen molar-refractivity contribution in [3.05, 3.63) is 96.2 Å². The van der Waals surface area contributed by atoms with Crippen molar-refractivity contribution in [1.82, 2.24) is 15.6 Å². The number of para-hydroxylation sites is 1. The second-order valence-electron chi connectivity index (χ2n) is 12.3. The zero-order valence-electron chi connectivity index (χ0n) is 26.0. The fourth-order valence-electron chi connectivity index (χ4n) is 6.55. The van der Waals surface area contributed by atoms with Gasteiger partial charge in [-0.15, -0.1) is 0 Å². The number of benzene rings is 5. The minimum Gasteiger partial charge on any atom is -0.467 e. The van der Waals surface area contributed by atoms with Crippen LogP contribution in [0.5, 0.6) is 0 Å². The van der Waals surface area contributed by atoms with E-state index in [-0.39, 0.29) is 24.2 Å². The molecule has 0 saturated carbocycles. The van der Waals surface area contributed by atoms with E-state index in [1.54, 1.807) is 0 Å². The van der Waals surface area contributed by atoms with Gasteiger partial charge in [0.2, 0.25) is 11.8 Å². The maximum absolute atomic E-state index is 13.5. The van der Waals surface area contributed by atoms with Gasteiger partial charge in [-0.25, -0.2) is 4.79 Å². The SMILES string of the molecule is COC(=O)[C@H](Cc1c[nH]c2ccccc12)NC(=O)[C@H](CC(C)C)NC(=O)CCCc1ccc2ccc3cccc4ccc1c2c34. The van der Waals surface area contributed by atoms with Crippen molar-refractivity contribution in [2.45, 2.75) is 58.0 Å². The molecule has 0 bridgehead atoms. The highest BCUT2D eigenvalue weighted by molar-refractivity contribution is 6.23. The highest BCUT2D eigenvalue weighted by Gasteiger charge is 2.28. The number of ether oxygens (including phenoxy) is 1. The first-order valence-electron chi connectivity index (χ1n) is 15.7. The summed E-state index contributed by atoms with van der Waals surface area (Å²) in [6, 6.07) is 25.6. The van der Waals surface area contributed by atoms with Crippen molar-refractivity contribution in [3.8, 4) is 0 Å². The largest absolute Gasteiger partial charge is 0.467 e. The summed E-state index contributed by atoms with van der Waals surface area (Å²) in [6.07, 6.45) is 4.26. The topological polar surface area (TPSA) is 100 Å². The van der Waals surface area contributed by atoms with Gasteiger partial charge in [-0.3, -0.25) is 9.59 Å². The van der Waals surface area contributed by atoms with Crippen LogP contribution in [0.25, 0.3) is 43.2 Å². The summed E-state index contributed by atoms with van der Waals surface area (Å²) < 4.78 is 5.03. The molecule has 0 fully saturated rings. The third kappa shape index (κ3) is 6.34. The number of hydrogen-bond donors (Lipinski definition) is 3. The molecule has 6 aromatic rings. The van der Waals surface area contributed by atoms with E-state index >= 15 is 0 Å². The lowest BCUT2D eigenvalue weighted by molar-refractivity contribution is -0.145. The molecule has 1 heterocycles. The van der Waals surface area contributed by atoms with Gasteiger partial charge in [-0.2, -0.15) is 0 Å². The third-order valence-electron chi connectivity index (χ3n) is 8.73. The number of rotatable bonds is 12. The summed E-state index contributed by atoms with van der Waals surface area (Å²) in [6.45, 7) is 4.01. The molecule has 230 valence electrons. The number of carbonyl (C=O) groups is 3. The van der Waals surface area contributed by atoms with Crippen LogP contribution < -0.4 is 10.6 Å². The normalized spacial score (nSPS) is 13.1. The first kappa shape index (κ1) is 30.1. The van der Waals surface area contributed by atoms with E-state index < -0.39 is 18.1 Å². The molecular formula is C38H39N3O4. The zero-order chi connectivity index (χ0) is 31.5. The molecule has 2 amide bonds. The zero-order valence-corrected chi connectivity index (χ0v) is 26.0. The van der Waals surface area contributed by atoms with Gasteiger partial charge >= 0.3 is 5.97 Å². The molecule has 7 heteroatoms. The molecule has 5 aromatic carbocycles. The molecule has 0 spiro atoms. The second kappa shape index (κ2) is 13.0. The molecule has 3 N–H and O–H groups in total. The van der Waals surface area contributed by atoms with Crippen molar-refractivity contribution in [3.63, 3.8) is 0 Å². The van der Waals surface area contributed by atoms with E-state index in [0.29, 0.717) is 19.3 Å². The first-order valence-corrected chi connectivity index (χ1v) is 15.7. The van der Waals surface area contributed by atoms with Crippen LogP contribution in [0.1, 0.15) is 44.2 Å². The lowest BCUT2D eigenvalue weighted by atomic mass is 9.90. The van der Waals surface area contributed by atoms with Crippen LogP contribution in [0, 0.1) is 5.92 Å².